The number of furan rings is 1. The Labute approximate surface area is 555 Å². The third-order valence-corrected chi connectivity index (χ3v) is 16.2. The van der Waals surface area contributed by atoms with Crippen LogP contribution in [0.5, 0.6) is 0 Å². The van der Waals surface area contributed by atoms with Crippen molar-refractivity contribution in [2.45, 2.75) is 245 Å². The number of ketones is 1. The van der Waals surface area contributed by atoms with E-state index < -0.39 is 8.07 Å². The number of nitrogens with one attached hydrogen (secondary N) is 1. The van der Waals surface area contributed by atoms with Crippen molar-refractivity contribution in [3.8, 4) is 22.3 Å². The molecule has 0 atom stereocenters. The number of Topliss-reactive ketones (excluding diaryl/α,β-unsaturated/α-hetero) is 1. The Kier molecular flexibility index (Phi) is 35.3. The zero-order chi connectivity index (χ0) is 68.8. The van der Waals surface area contributed by atoms with E-state index in [-0.39, 0.29) is 22.0 Å². The number of ether oxygens (including phenoxy) is 1. The maximum atomic E-state index is 9.44. The maximum absolute atomic E-state index is 9.44. The second-order valence-electron chi connectivity index (χ2n) is 31.0. The van der Waals surface area contributed by atoms with Crippen molar-refractivity contribution < 1.29 is 13.9 Å². The minimum absolute atomic E-state index is 0.0800. The summed E-state index contributed by atoms with van der Waals surface area (Å²) in [5.41, 5.74) is 19.0. The normalized spacial score (nSPS) is 14.3. The highest BCUT2D eigenvalue weighted by atomic mass is 28.3. The summed E-state index contributed by atoms with van der Waals surface area (Å²) in [5.74, 6) is 3.34. The highest BCUT2D eigenvalue weighted by Crippen LogP contribution is 2.48. The molecule has 4 nitrogen and oxygen atoms in total. The van der Waals surface area contributed by atoms with E-state index in [0.29, 0.717) is 22.7 Å². The van der Waals surface area contributed by atoms with Crippen LogP contribution in [0.1, 0.15) is 234 Å². The highest BCUT2D eigenvalue weighted by molar-refractivity contribution is 6.74. The predicted molar refractivity (Wildman–Crippen MR) is 404 cm³/mol. The molecule has 1 aliphatic heterocycles. The molecule has 0 bridgehead atoms. The lowest BCUT2D eigenvalue weighted by atomic mass is 9.65. The minimum Gasteiger partial charge on any atom is -0.469 e. The fourth-order valence-electron chi connectivity index (χ4n) is 10.0. The first-order valence-corrected chi connectivity index (χ1v) is 37.6. The molecule has 2 aliphatic carbocycles. The summed E-state index contributed by atoms with van der Waals surface area (Å²) >= 11 is 0. The molecular formula is C85H129NO3Si. The van der Waals surface area contributed by atoms with Crippen LogP contribution < -0.4 is 5.32 Å². The smallest absolute Gasteiger partial charge is 0.126 e. The van der Waals surface area contributed by atoms with Gasteiger partial charge in [0.25, 0.3) is 0 Å². The number of carbonyl (C=O) groups is 1. The monoisotopic (exact) mass is 1240 g/mol. The fraction of sp³-hybridized carbons (Fsp3) is 0.494. The lowest BCUT2D eigenvalue weighted by Crippen LogP contribution is -2.29. The Bertz CT molecular complexity index is 2960. The van der Waals surface area contributed by atoms with E-state index in [4.69, 9.17) is 4.42 Å². The Morgan fingerprint density at radius 3 is 1.27 bits per heavy atom. The molecule has 90 heavy (non-hydrogen) atoms. The molecule has 0 radical (unpaired) electrons. The van der Waals surface area contributed by atoms with Gasteiger partial charge in [-0.25, -0.2) is 0 Å². The van der Waals surface area contributed by atoms with E-state index in [9.17, 15) is 4.79 Å². The average molecular weight is 1240 g/mol. The van der Waals surface area contributed by atoms with Gasteiger partial charge in [0.15, 0.2) is 0 Å². The first-order chi connectivity index (χ1) is 41.7. The zero-order valence-corrected chi connectivity index (χ0v) is 63.5. The van der Waals surface area contributed by atoms with E-state index in [1.54, 1.807) is 20.5 Å². The van der Waals surface area contributed by atoms with Gasteiger partial charge in [0.1, 0.15) is 11.5 Å². The van der Waals surface area contributed by atoms with Crippen molar-refractivity contribution in [1.29, 1.82) is 0 Å². The first kappa shape index (κ1) is 82.0. The molecule has 496 valence electrons. The number of rotatable bonds is 4. The largest absolute Gasteiger partial charge is 0.469 e. The second-order valence-corrected chi connectivity index (χ2v) is 37.0. The van der Waals surface area contributed by atoms with E-state index in [2.05, 4.69) is 321 Å². The van der Waals surface area contributed by atoms with Crippen LogP contribution in [0.4, 0.5) is 5.69 Å². The van der Waals surface area contributed by atoms with Gasteiger partial charge < -0.3 is 19.3 Å². The molecule has 7 aromatic rings. The van der Waals surface area contributed by atoms with Crippen LogP contribution in [0.3, 0.4) is 0 Å². The van der Waals surface area contributed by atoms with E-state index in [1.165, 1.54) is 119 Å². The molecular weight excluding hydrogens is 1110 g/mol. The molecule has 2 heterocycles. The summed E-state index contributed by atoms with van der Waals surface area (Å²) in [6.45, 7) is 61.3. The summed E-state index contributed by atoms with van der Waals surface area (Å²) < 4.78 is 9.34. The van der Waals surface area contributed by atoms with Crippen molar-refractivity contribution in [2.24, 2.45) is 16.7 Å². The van der Waals surface area contributed by atoms with Gasteiger partial charge in [-0.15, -0.1) is 0 Å². The Morgan fingerprint density at radius 1 is 0.578 bits per heavy atom. The second kappa shape index (κ2) is 38.7. The summed E-state index contributed by atoms with van der Waals surface area (Å²) in [6.07, 6.45) is 10.1. The highest BCUT2D eigenvalue weighted by Gasteiger charge is 2.35. The van der Waals surface area contributed by atoms with E-state index in [1.807, 2.05) is 18.2 Å². The number of anilines is 1. The number of fused-ring (bicyclic) bond motifs is 4. The Hall–Kier alpha value is -6.01. The van der Waals surface area contributed by atoms with Gasteiger partial charge >= 0.3 is 0 Å². The van der Waals surface area contributed by atoms with Crippen molar-refractivity contribution in [2.75, 3.05) is 19.5 Å². The third kappa shape index (κ3) is 30.4. The van der Waals surface area contributed by atoms with Crippen molar-refractivity contribution in [3.05, 3.63) is 221 Å². The maximum Gasteiger partial charge on any atom is 0.126 e. The van der Waals surface area contributed by atoms with Crippen LogP contribution in [-0.2, 0) is 25.8 Å². The number of unbranched alkanes of at least 4 members (excludes halogenated alkanes) is 1. The van der Waals surface area contributed by atoms with Crippen LogP contribution in [0.15, 0.2) is 181 Å². The molecule has 1 aromatic heterocycles. The molecule has 0 saturated heterocycles. The van der Waals surface area contributed by atoms with Crippen molar-refractivity contribution in [1.82, 2.24) is 0 Å². The third-order valence-electron chi connectivity index (χ3n) is 16.2. The number of hydrogen-bond acceptors (Lipinski definition) is 4. The number of carbonyl (C=O) groups excluding carboxylic acids is 1. The van der Waals surface area contributed by atoms with Crippen molar-refractivity contribution >= 4 is 19.5 Å². The molecule has 10 rings (SSSR count). The van der Waals surface area contributed by atoms with Gasteiger partial charge in [-0.2, -0.15) is 0 Å². The van der Waals surface area contributed by atoms with Gasteiger partial charge in [0.05, 0.1) is 6.26 Å². The van der Waals surface area contributed by atoms with Gasteiger partial charge in [0, 0.05) is 50.4 Å². The standard InChI is InChI=1S/C15H14.C14H14.C13H20.C12H24.C11H13N.C7H10O.C4H12Si.C4H10.C3H6O.C2H6O/c1-15(2)13-9-5-3-7-11(13)12-8-4-6-10-14(12)15;1-11-3-7-13(8-4-11)14-9-5-12(2)6-10-14;1-10(2)11-6-8-12(9-7-11)13(3,4)5;1-11(2,3)10-6-8-12(4,5)9-7-10;1-8-11(2,3)9-6-4-5-7-10(9)12-8;1-6(2)7-4-3-5-8-7;1-5(2,3)4;1-3-4-2;1-3(2)4;1-3-2/h3-10H,1-2H3;3-10H,1-2H3;6-10H,1-5H3;10H,6-9H2,1-5H3;4-7,12H,1H2,2-3H3;3-6H,1-2H3;1-4H3;3-4H2,1-2H3;1-2H3;1-2H3. The topological polar surface area (TPSA) is 51.5 Å². The number of aryl methyl sites for hydroxylation is 2. The SMILES string of the molecule is C=C1Nc2ccccc2C1(C)C.CC(C)=O.CC(C)c1ccc(C(C)(C)C)cc1.CC(C)c1ccco1.CC1(C)CCC(C(C)(C)C)CC1.CC1(C)c2ccccc2-c2ccccc21.CCCC.COC.C[Si](C)(C)C.Cc1ccc(-c2ccc(C)cc2)cc1. The zero-order valence-electron chi connectivity index (χ0n) is 62.5. The number of methoxy groups -OCH3 is 1. The molecule has 1 saturated carbocycles. The van der Waals surface area contributed by atoms with Crippen LogP contribution in [0.25, 0.3) is 22.3 Å². The lowest BCUT2D eigenvalue weighted by Gasteiger charge is -2.40. The fourth-order valence-corrected chi connectivity index (χ4v) is 10.0. The Morgan fingerprint density at radius 2 is 0.956 bits per heavy atom. The number of para-hydroxylation sites is 1. The first-order valence-electron chi connectivity index (χ1n) is 33.6. The summed E-state index contributed by atoms with van der Waals surface area (Å²) in [4.78, 5) is 9.44. The van der Waals surface area contributed by atoms with Gasteiger partial charge in [-0.3, -0.25) is 0 Å². The molecule has 3 aliphatic rings. The van der Waals surface area contributed by atoms with Gasteiger partial charge in [-0.05, 0) is 150 Å². The van der Waals surface area contributed by atoms with Crippen LogP contribution in [-0.4, -0.2) is 28.1 Å². The van der Waals surface area contributed by atoms with E-state index >= 15 is 0 Å². The summed E-state index contributed by atoms with van der Waals surface area (Å²) in [5, 5.41) is 3.29. The molecule has 5 heteroatoms. The van der Waals surface area contributed by atoms with E-state index in [0.717, 1.165) is 17.4 Å². The van der Waals surface area contributed by atoms with Crippen LogP contribution in [0, 0.1) is 30.6 Å². The minimum atomic E-state index is -0.611. The quantitative estimate of drug-likeness (QED) is 0.178. The van der Waals surface area contributed by atoms with Crippen LogP contribution >= 0.6 is 0 Å². The van der Waals surface area contributed by atoms with Crippen LogP contribution in [0.2, 0.25) is 26.2 Å². The number of benzene rings is 6. The predicted octanol–water partition coefficient (Wildman–Crippen LogP) is 26.2. The molecule has 6 aromatic carbocycles. The number of allylic oxidation sites excluding steroid dienone is 1. The lowest BCUT2D eigenvalue weighted by molar-refractivity contribution is -0.115. The van der Waals surface area contributed by atoms with Gasteiger partial charge in [0.2, 0.25) is 0 Å². The Balaban J connectivity index is 0.000000518. The van der Waals surface area contributed by atoms with Gasteiger partial charge in [-0.1, -0.05) is 321 Å². The molecule has 1 fully saturated rings. The number of hydrogen-bond donors (Lipinski definition) is 1. The summed E-state index contributed by atoms with van der Waals surface area (Å²) in [7, 11) is 2.64. The molecule has 1 N–H and O–H groups in total. The molecule has 0 unspecified atom stereocenters. The molecule has 0 amide bonds. The average Bonchev–Trinajstić information content (AvgIpc) is 1.61. The summed E-state index contributed by atoms with van der Waals surface area (Å²) in [6, 6.07) is 55.9. The molecule has 0 spiro atoms. The van der Waals surface area contributed by atoms with Crippen molar-refractivity contribution in [3.63, 3.8) is 0 Å².